The molecular formula is C16H25N3O3. The summed E-state index contributed by atoms with van der Waals surface area (Å²) in [6.45, 7) is 2.42. The standard InChI is InChI=1S/C16H25N3O3/c1-20-13-10-15(22-3)14(21-2)9-12(13)11-18-16(17)19-7-5-4-6-8-19/h9-10H,4-8,11H2,1-3H3,(H2,17,18). The van der Waals surface area contributed by atoms with Gasteiger partial charge in [0.1, 0.15) is 5.75 Å². The van der Waals surface area contributed by atoms with Crippen molar-refractivity contribution in [3.8, 4) is 17.2 Å². The Labute approximate surface area is 131 Å². The van der Waals surface area contributed by atoms with Gasteiger partial charge >= 0.3 is 0 Å². The minimum atomic E-state index is 0.450. The molecule has 2 N–H and O–H groups in total. The maximum atomic E-state index is 6.09. The van der Waals surface area contributed by atoms with Crippen LogP contribution in [-0.2, 0) is 6.54 Å². The van der Waals surface area contributed by atoms with E-state index in [2.05, 4.69) is 9.89 Å². The first-order chi connectivity index (χ1) is 10.7. The summed E-state index contributed by atoms with van der Waals surface area (Å²) in [6, 6.07) is 3.69. The fourth-order valence-electron chi connectivity index (χ4n) is 2.61. The van der Waals surface area contributed by atoms with E-state index in [4.69, 9.17) is 19.9 Å². The number of hydrogen-bond acceptors (Lipinski definition) is 4. The monoisotopic (exact) mass is 307 g/mol. The number of hydrogen-bond donors (Lipinski definition) is 1. The quantitative estimate of drug-likeness (QED) is 0.665. The minimum absolute atomic E-state index is 0.450. The average molecular weight is 307 g/mol. The summed E-state index contributed by atoms with van der Waals surface area (Å²) < 4.78 is 16.0. The molecule has 6 nitrogen and oxygen atoms in total. The normalized spacial score (nSPS) is 15.6. The van der Waals surface area contributed by atoms with Crippen LogP contribution < -0.4 is 19.9 Å². The number of guanidine groups is 1. The van der Waals surface area contributed by atoms with Crippen LogP contribution in [0.1, 0.15) is 24.8 Å². The van der Waals surface area contributed by atoms with Gasteiger partial charge in [-0.15, -0.1) is 0 Å². The summed E-state index contributed by atoms with van der Waals surface area (Å²) in [7, 11) is 4.84. The van der Waals surface area contributed by atoms with Crippen molar-refractivity contribution in [3.05, 3.63) is 17.7 Å². The predicted octanol–water partition coefficient (Wildman–Crippen LogP) is 2.01. The Bertz CT molecular complexity index is 526. The smallest absolute Gasteiger partial charge is 0.191 e. The van der Waals surface area contributed by atoms with Crippen LogP contribution in [0.15, 0.2) is 17.1 Å². The molecule has 0 aliphatic carbocycles. The van der Waals surface area contributed by atoms with Gasteiger partial charge in [-0.3, -0.25) is 0 Å². The molecule has 22 heavy (non-hydrogen) atoms. The number of benzene rings is 1. The molecule has 1 saturated heterocycles. The lowest BCUT2D eigenvalue weighted by Crippen LogP contribution is -2.40. The Morgan fingerprint density at radius 3 is 2.18 bits per heavy atom. The van der Waals surface area contributed by atoms with E-state index in [1.165, 1.54) is 19.3 Å². The number of rotatable bonds is 5. The van der Waals surface area contributed by atoms with Gasteiger partial charge in [-0.2, -0.15) is 0 Å². The molecule has 0 saturated carbocycles. The third-order valence-electron chi connectivity index (χ3n) is 3.88. The molecule has 2 rings (SSSR count). The highest BCUT2D eigenvalue weighted by Gasteiger charge is 2.14. The molecule has 6 heteroatoms. The molecule has 1 aliphatic rings. The first kappa shape index (κ1) is 16.3. The van der Waals surface area contributed by atoms with Crippen LogP contribution >= 0.6 is 0 Å². The Hall–Kier alpha value is -2.11. The van der Waals surface area contributed by atoms with Gasteiger partial charge in [-0.05, 0) is 25.3 Å². The second kappa shape index (κ2) is 7.77. The molecule has 1 aliphatic heterocycles. The van der Waals surface area contributed by atoms with Gasteiger partial charge in [0.05, 0.1) is 27.9 Å². The van der Waals surface area contributed by atoms with E-state index in [9.17, 15) is 0 Å². The zero-order chi connectivity index (χ0) is 15.9. The molecule has 0 aromatic heterocycles. The molecule has 0 unspecified atom stereocenters. The minimum Gasteiger partial charge on any atom is -0.496 e. The van der Waals surface area contributed by atoms with Crippen LogP contribution in [0.25, 0.3) is 0 Å². The number of nitrogens with zero attached hydrogens (tertiary/aromatic N) is 2. The lowest BCUT2D eigenvalue weighted by atomic mass is 10.1. The first-order valence-electron chi connectivity index (χ1n) is 7.53. The molecule has 0 amide bonds. The summed E-state index contributed by atoms with van der Waals surface area (Å²) in [5, 5.41) is 0. The van der Waals surface area contributed by atoms with Gasteiger partial charge in [0.15, 0.2) is 17.5 Å². The maximum absolute atomic E-state index is 6.09. The molecule has 122 valence electrons. The van der Waals surface area contributed by atoms with E-state index >= 15 is 0 Å². The topological polar surface area (TPSA) is 69.3 Å². The molecule has 1 aromatic carbocycles. The second-order valence-corrected chi connectivity index (χ2v) is 5.24. The fraction of sp³-hybridized carbons (Fsp3) is 0.562. The first-order valence-corrected chi connectivity index (χ1v) is 7.53. The van der Waals surface area contributed by atoms with E-state index in [1.807, 2.05) is 6.07 Å². The van der Waals surface area contributed by atoms with Crippen LogP contribution in [0.5, 0.6) is 17.2 Å². The fourth-order valence-corrected chi connectivity index (χ4v) is 2.61. The largest absolute Gasteiger partial charge is 0.496 e. The van der Waals surface area contributed by atoms with Crippen LogP contribution in [0.4, 0.5) is 0 Å². The molecule has 1 aromatic rings. The van der Waals surface area contributed by atoms with Gasteiger partial charge in [-0.25, -0.2) is 4.99 Å². The van der Waals surface area contributed by atoms with Crippen LogP contribution in [0, 0.1) is 0 Å². The summed E-state index contributed by atoms with van der Waals surface area (Å²) >= 11 is 0. The zero-order valence-electron chi connectivity index (χ0n) is 13.6. The van der Waals surface area contributed by atoms with E-state index in [1.54, 1.807) is 27.4 Å². The number of nitrogens with two attached hydrogens (primary N) is 1. The van der Waals surface area contributed by atoms with Crippen molar-refractivity contribution < 1.29 is 14.2 Å². The van der Waals surface area contributed by atoms with Crippen molar-refractivity contribution in [2.45, 2.75) is 25.8 Å². The van der Waals surface area contributed by atoms with Crippen LogP contribution in [-0.4, -0.2) is 45.3 Å². The second-order valence-electron chi connectivity index (χ2n) is 5.24. The van der Waals surface area contributed by atoms with Crippen LogP contribution in [0.2, 0.25) is 0 Å². The van der Waals surface area contributed by atoms with Crippen LogP contribution in [0.3, 0.4) is 0 Å². The lowest BCUT2D eigenvalue weighted by molar-refractivity contribution is 0.337. The maximum Gasteiger partial charge on any atom is 0.191 e. The molecule has 0 bridgehead atoms. The van der Waals surface area contributed by atoms with Gasteiger partial charge in [0.25, 0.3) is 0 Å². The van der Waals surface area contributed by atoms with Crippen molar-refractivity contribution in [3.63, 3.8) is 0 Å². The molecular weight excluding hydrogens is 282 g/mol. The third kappa shape index (κ3) is 3.75. The lowest BCUT2D eigenvalue weighted by Gasteiger charge is -2.27. The molecule has 1 heterocycles. The Morgan fingerprint density at radius 2 is 1.59 bits per heavy atom. The summed E-state index contributed by atoms with van der Waals surface area (Å²) in [6.07, 6.45) is 3.62. The third-order valence-corrected chi connectivity index (χ3v) is 3.88. The number of likely N-dealkylation sites (tertiary alicyclic amines) is 1. The zero-order valence-corrected chi connectivity index (χ0v) is 13.6. The highest BCUT2D eigenvalue weighted by molar-refractivity contribution is 5.78. The van der Waals surface area contributed by atoms with Crippen molar-refractivity contribution >= 4 is 5.96 Å². The van der Waals surface area contributed by atoms with E-state index in [-0.39, 0.29) is 0 Å². The van der Waals surface area contributed by atoms with Crippen molar-refractivity contribution in [1.29, 1.82) is 0 Å². The average Bonchev–Trinajstić information content (AvgIpc) is 2.59. The predicted molar refractivity (Wildman–Crippen MR) is 86.8 cm³/mol. The van der Waals surface area contributed by atoms with Crippen molar-refractivity contribution in [2.75, 3.05) is 34.4 Å². The summed E-state index contributed by atoms with van der Waals surface area (Å²) in [5.74, 6) is 2.60. The Balaban J connectivity index is 2.17. The summed E-state index contributed by atoms with van der Waals surface area (Å²) in [5.41, 5.74) is 7.01. The number of methoxy groups -OCH3 is 3. The number of aliphatic imine (C=N–C) groups is 1. The summed E-state index contributed by atoms with van der Waals surface area (Å²) in [4.78, 5) is 6.64. The van der Waals surface area contributed by atoms with Gasteiger partial charge in [-0.1, -0.05) is 0 Å². The van der Waals surface area contributed by atoms with E-state index in [0.29, 0.717) is 29.8 Å². The molecule has 0 atom stereocenters. The molecule has 0 radical (unpaired) electrons. The van der Waals surface area contributed by atoms with E-state index in [0.717, 1.165) is 18.7 Å². The van der Waals surface area contributed by atoms with Gasteiger partial charge in [0, 0.05) is 24.7 Å². The van der Waals surface area contributed by atoms with E-state index < -0.39 is 0 Å². The number of piperidine rings is 1. The van der Waals surface area contributed by atoms with Gasteiger partial charge < -0.3 is 24.8 Å². The molecule has 0 spiro atoms. The SMILES string of the molecule is COc1cc(OC)c(OC)cc1CN=C(N)N1CCCCC1. The Kier molecular flexibility index (Phi) is 5.75. The highest BCUT2D eigenvalue weighted by Crippen LogP contribution is 2.34. The van der Waals surface area contributed by atoms with Crippen molar-refractivity contribution in [1.82, 2.24) is 4.90 Å². The molecule has 1 fully saturated rings. The van der Waals surface area contributed by atoms with Gasteiger partial charge in [0.2, 0.25) is 0 Å². The number of ether oxygens (including phenoxy) is 3. The Morgan fingerprint density at radius 1 is 1.00 bits per heavy atom. The highest BCUT2D eigenvalue weighted by atomic mass is 16.5. The van der Waals surface area contributed by atoms with Crippen molar-refractivity contribution in [2.24, 2.45) is 10.7 Å².